The maximum Gasteiger partial charge on any atom is 0.308 e. The topological polar surface area (TPSA) is 129 Å². The van der Waals surface area contributed by atoms with Crippen LogP contribution in [0, 0.1) is 0 Å². The molecule has 1 heterocycles. The quantitative estimate of drug-likeness (QED) is 0.192. The summed E-state index contributed by atoms with van der Waals surface area (Å²) in [5.74, 6) is -1.83. The van der Waals surface area contributed by atoms with E-state index in [4.69, 9.17) is 37.6 Å². The second-order valence-corrected chi connectivity index (χ2v) is 8.55. The monoisotopic (exact) mass is 564 g/mol. The van der Waals surface area contributed by atoms with Gasteiger partial charge in [0.15, 0.2) is 28.6 Å². The van der Waals surface area contributed by atoms with Crippen LogP contribution in [0.25, 0.3) is 22.3 Å². The number of benzene rings is 3. The lowest BCUT2D eigenvalue weighted by Crippen LogP contribution is -2.14. The molecule has 0 radical (unpaired) electrons. The molecule has 11 heteroatoms. The Labute approximate surface area is 235 Å². The van der Waals surface area contributed by atoms with Gasteiger partial charge in [-0.3, -0.25) is 14.4 Å². The van der Waals surface area contributed by atoms with Crippen LogP contribution in [0.15, 0.2) is 57.7 Å². The van der Waals surface area contributed by atoms with Gasteiger partial charge in [-0.05, 0) is 23.8 Å². The zero-order valence-corrected chi connectivity index (χ0v) is 23.3. The first-order valence-corrected chi connectivity index (χ1v) is 12.3. The second-order valence-electron chi connectivity index (χ2n) is 8.55. The molecular weight excluding hydrogens is 536 g/mol. The van der Waals surface area contributed by atoms with Crippen LogP contribution in [0.3, 0.4) is 0 Å². The average Bonchev–Trinajstić information content (AvgIpc) is 2.96. The smallest absolute Gasteiger partial charge is 0.308 e. The zero-order chi connectivity index (χ0) is 29.7. The van der Waals surface area contributed by atoms with Gasteiger partial charge in [-0.2, -0.15) is 0 Å². The number of hydrogen-bond acceptors (Lipinski definition) is 11. The fourth-order valence-corrected chi connectivity index (χ4v) is 4.20. The van der Waals surface area contributed by atoms with Gasteiger partial charge in [0.05, 0.1) is 28.4 Å². The Kier molecular flexibility index (Phi) is 8.66. The third-order valence-electron chi connectivity index (χ3n) is 5.89. The fourth-order valence-electron chi connectivity index (χ4n) is 4.20. The summed E-state index contributed by atoms with van der Waals surface area (Å²) in [6, 6.07) is 14.6. The van der Waals surface area contributed by atoms with E-state index in [1.54, 1.807) is 18.2 Å². The zero-order valence-electron chi connectivity index (χ0n) is 23.3. The number of carbonyl (C=O) groups excluding carboxylic acids is 2. The van der Waals surface area contributed by atoms with Gasteiger partial charge in [-0.25, -0.2) is 0 Å². The molecule has 11 nitrogen and oxygen atoms in total. The largest absolute Gasteiger partial charge is 0.493 e. The molecule has 0 N–H and O–H groups in total. The van der Waals surface area contributed by atoms with Crippen molar-refractivity contribution < 1.29 is 47.2 Å². The number of methoxy groups -OCH3 is 4. The van der Waals surface area contributed by atoms with E-state index in [0.717, 1.165) is 19.4 Å². The number of rotatable bonds is 10. The molecule has 0 amide bonds. The first-order valence-electron chi connectivity index (χ1n) is 12.3. The Hall–Kier alpha value is -5.19. The van der Waals surface area contributed by atoms with E-state index in [9.17, 15) is 14.4 Å². The molecule has 0 aliphatic carbocycles. The molecule has 4 aromatic rings. The van der Waals surface area contributed by atoms with E-state index in [1.807, 2.05) is 30.3 Å². The maximum absolute atomic E-state index is 13.9. The summed E-state index contributed by atoms with van der Waals surface area (Å²) < 4.78 is 44.7. The first kappa shape index (κ1) is 28.8. The Bertz CT molecular complexity index is 1660. The van der Waals surface area contributed by atoms with Crippen molar-refractivity contribution in [3.05, 3.63) is 64.3 Å². The van der Waals surface area contributed by atoms with Gasteiger partial charge in [-0.15, -0.1) is 0 Å². The van der Waals surface area contributed by atoms with E-state index < -0.39 is 17.4 Å². The molecular formula is C30H28O11. The van der Waals surface area contributed by atoms with Crippen LogP contribution in [0.1, 0.15) is 19.4 Å². The maximum atomic E-state index is 13.9. The van der Waals surface area contributed by atoms with Gasteiger partial charge in [0.2, 0.25) is 28.4 Å². The van der Waals surface area contributed by atoms with Gasteiger partial charge in [0, 0.05) is 19.4 Å². The fraction of sp³-hybridized carbons (Fsp3) is 0.233. The second kappa shape index (κ2) is 12.3. The highest BCUT2D eigenvalue weighted by Gasteiger charge is 2.32. The number of fused-ring (bicyclic) bond motifs is 1. The minimum atomic E-state index is -0.787. The molecule has 0 aliphatic heterocycles. The summed E-state index contributed by atoms with van der Waals surface area (Å²) in [6.07, 6.45) is 0. The van der Waals surface area contributed by atoms with Gasteiger partial charge in [0.25, 0.3) is 0 Å². The summed E-state index contributed by atoms with van der Waals surface area (Å²) in [5, 5.41) is -0.260. The van der Waals surface area contributed by atoms with Crippen molar-refractivity contribution in [2.75, 3.05) is 28.4 Å². The predicted octanol–water partition coefficient (Wildman–Crippen LogP) is 4.92. The normalized spacial score (nSPS) is 10.6. The van der Waals surface area contributed by atoms with Gasteiger partial charge in [-0.1, -0.05) is 30.3 Å². The Morgan fingerprint density at radius 1 is 0.707 bits per heavy atom. The lowest BCUT2D eigenvalue weighted by molar-refractivity contribution is -0.134. The summed E-state index contributed by atoms with van der Waals surface area (Å²) in [7, 11) is 5.37. The number of hydrogen-bond donors (Lipinski definition) is 0. The van der Waals surface area contributed by atoms with Gasteiger partial charge < -0.3 is 37.6 Å². The van der Waals surface area contributed by atoms with E-state index in [1.165, 1.54) is 28.4 Å². The van der Waals surface area contributed by atoms with Crippen molar-refractivity contribution in [2.45, 2.75) is 20.5 Å². The standard InChI is InChI=1S/C30H28O11/c1-16(31)39-26-22-23(33)27(35-4)24(41-25(22)28(36-5)29(37-6)30(26)40-17(2)32)19-12-13-20(21(14-19)34-3)38-15-18-10-8-7-9-11-18/h7-14H,15H2,1-6H3. The molecule has 0 saturated carbocycles. The minimum Gasteiger partial charge on any atom is -0.493 e. The summed E-state index contributed by atoms with van der Waals surface area (Å²) in [5.41, 5.74) is 0.515. The van der Waals surface area contributed by atoms with E-state index in [2.05, 4.69) is 0 Å². The molecule has 0 spiro atoms. The molecule has 214 valence electrons. The minimum absolute atomic E-state index is 0.0206. The molecule has 0 aliphatic rings. The molecule has 3 aromatic carbocycles. The molecule has 1 aromatic heterocycles. The van der Waals surface area contributed by atoms with Crippen molar-refractivity contribution in [1.82, 2.24) is 0 Å². The number of ether oxygens (including phenoxy) is 7. The highest BCUT2D eigenvalue weighted by molar-refractivity contribution is 5.99. The van der Waals surface area contributed by atoms with Crippen molar-refractivity contribution in [3.63, 3.8) is 0 Å². The summed E-state index contributed by atoms with van der Waals surface area (Å²) in [4.78, 5) is 37.8. The van der Waals surface area contributed by atoms with Crippen molar-refractivity contribution in [2.24, 2.45) is 0 Å². The predicted molar refractivity (Wildman–Crippen MR) is 148 cm³/mol. The average molecular weight is 565 g/mol. The summed E-state index contributed by atoms with van der Waals surface area (Å²) in [6.45, 7) is 2.58. The Morgan fingerprint density at radius 3 is 1.93 bits per heavy atom. The van der Waals surface area contributed by atoms with E-state index in [0.29, 0.717) is 23.7 Å². The third kappa shape index (κ3) is 5.74. The van der Waals surface area contributed by atoms with Crippen LogP contribution in [0.2, 0.25) is 0 Å². The highest BCUT2D eigenvalue weighted by Crippen LogP contribution is 2.52. The van der Waals surface area contributed by atoms with Crippen LogP contribution in [-0.4, -0.2) is 40.4 Å². The molecule has 0 unspecified atom stereocenters. The molecule has 0 fully saturated rings. The van der Waals surface area contributed by atoms with Crippen LogP contribution in [0.4, 0.5) is 0 Å². The van der Waals surface area contributed by atoms with Gasteiger partial charge >= 0.3 is 11.9 Å². The summed E-state index contributed by atoms with van der Waals surface area (Å²) >= 11 is 0. The molecule has 41 heavy (non-hydrogen) atoms. The molecule has 0 atom stereocenters. The first-order chi connectivity index (χ1) is 19.7. The Morgan fingerprint density at radius 2 is 1.34 bits per heavy atom. The van der Waals surface area contributed by atoms with Crippen LogP contribution >= 0.6 is 0 Å². The molecule has 4 rings (SSSR count). The SMILES string of the molecule is COc1cc(-c2oc3c(OC)c(OC)c(OC(C)=O)c(OC(C)=O)c3c(=O)c2OC)ccc1OCc1ccccc1. The van der Waals surface area contributed by atoms with Crippen LogP contribution < -0.4 is 38.6 Å². The highest BCUT2D eigenvalue weighted by atomic mass is 16.6. The lowest BCUT2D eigenvalue weighted by Gasteiger charge is -2.19. The molecule has 0 bridgehead atoms. The van der Waals surface area contributed by atoms with Crippen molar-refractivity contribution >= 4 is 22.9 Å². The number of esters is 2. The van der Waals surface area contributed by atoms with Crippen molar-refractivity contribution in [1.29, 1.82) is 0 Å². The molecule has 0 saturated heterocycles. The van der Waals surface area contributed by atoms with Crippen LogP contribution in [0.5, 0.6) is 40.2 Å². The third-order valence-corrected chi connectivity index (χ3v) is 5.89. The Balaban J connectivity index is 1.96. The van der Waals surface area contributed by atoms with Crippen molar-refractivity contribution in [3.8, 4) is 51.6 Å². The van der Waals surface area contributed by atoms with E-state index >= 15 is 0 Å². The van der Waals surface area contributed by atoms with Gasteiger partial charge in [0.1, 0.15) is 12.0 Å². The lowest BCUT2D eigenvalue weighted by atomic mass is 10.1. The van der Waals surface area contributed by atoms with E-state index in [-0.39, 0.29) is 45.5 Å². The number of carbonyl (C=O) groups is 2. The van der Waals surface area contributed by atoms with Crippen LogP contribution in [-0.2, 0) is 16.2 Å².